The fourth-order valence-corrected chi connectivity index (χ4v) is 3.25. The van der Waals surface area contributed by atoms with Gasteiger partial charge >= 0.3 is 12.1 Å². The predicted molar refractivity (Wildman–Crippen MR) is 133 cm³/mol. The van der Waals surface area contributed by atoms with E-state index >= 15 is 0 Å². The van der Waals surface area contributed by atoms with Crippen LogP contribution in [-0.2, 0) is 19.1 Å². The summed E-state index contributed by atoms with van der Waals surface area (Å²) in [5.74, 6) is -1.20. The number of carbonyl (C=O) groups is 3. The maximum absolute atomic E-state index is 12.9. The molecule has 1 atom stereocenters. The minimum atomic E-state index is -0.627. The van der Waals surface area contributed by atoms with Gasteiger partial charge in [0.1, 0.15) is 11.5 Å². The summed E-state index contributed by atoms with van der Waals surface area (Å²) in [4.78, 5) is 41.7. The van der Waals surface area contributed by atoms with Gasteiger partial charge in [0.2, 0.25) is 5.91 Å². The molecule has 2 amide bonds. The maximum atomic E-state index is 12.9. The van der Waals surface area contributed by atoms with E-state index in [4.69, 9.17) is 9.72 Å². The van der Waals surface area contributed by atoms with E-state index in [-0.39, 0.29) is 18.3 Å². The van der Waals surface area contributed by atoms with Crippen LogP contribution in [0.15, 0.2) is 48.6 Å². The summed E-state index contributed by atoms with van der Waals surface area (Å²) in [7, 11) is 1.27. The molecule has 1 aromatic heterocycles. The van der Waals surface area contributed by atoms with Crippen molar-refractivity contribution in [3.8, 4) is 11.3 Å². The topological polar surface area (TPSA) is 107 Å². The Morgan fingerprint density at radius 1 is 1.12 bits per heavy atom. The normalized spacial score (nSPS) is 16.2. The molecule has 2 bridgehead atoms. The zero-order valence-corrected chi connectivity index (χ0v) is 20.6. The average Bonchev–Trinajstić information content (AvgIpc) is 2.78. The van der Waals surface area contributed by atoms with Crippen molar-refractivity contribution in [3.05, 3.63) is 54.2 Å². The monoisotopic (exact) mass is 467 g/mol. The molecular formula is C26H33N3O5. The predicted octanol–water partition coefficient (Wildman–Crippen LogP) is 5.67. The smallest absolute Gasteiger partial charge is 0.411 e. The molecule has 182 valence electrons. The molecule has 1 aromatic carbocycles. The summed E-state index contributed by atoms with van der Waals surface area (Å²) in [5, 5.41) is 5.46. The van der Waals surface area contributed by atoms with Gasteiger partial charge in [-0.15, -0.1) is 0 Å². The summed E-state index contributed by atoms with van der Waals surface area (Å²) >= 11 is 0. The molecule has 1 aliphatic heterocycles. The van der Waals surface area contributed by atoms with Crippen molar-refractivity contribution >= 4 is 29.3 Å². The Morgan fingerprint density at radius 3 is 2.53 bits per heavy atom. The molecule has 8 nitrogen and oxygen atoms in total. The lowest BCUT2D eigenvalue weighted by Gasteiger charge is -2.24. The molecule has 34 heavy (non-hydrogen) atoms. The fraction of sp³-hybridized carbons (Fsp3) is 0.385. The number of fused-ring (bicyclic) bond motifs is 4. The first-order valence-corrected chi connectivity index (χ1v) is 11.3. The molecule has 2 N–H and O–H groups in total. The van der Waals surface area contributed by atoms with Crippen molar-refractivity contribution in [1.29, 1.82) is 0 Å². The van der Waals surface area contributed by atoms with Crippen LogP contribution >= 0.6 is 0 Å². The van der Waals surface area contributed by atoms with E-state index in [0.29, 0.717) is 34.7 Å². The second-order valence-electron chi connectivity index (χ2n) is 8.37. The molecule has 0 aliphatic carbocycles. The number of hydrogen-bond donors (Lipinski definition) is 2. The van der Waals surface area contributed by atoms with Crippen LogP contribution in [0.2, 0.25) is 0 Å². The van der Waals surface area contributed by atoms with Crippen LogP contribution in [0.5, 0.6) is 0 Å². The second-order valence-corrected chi connectivity index (χ2v) is 8.37. The highest BCUT2D eigenvalue weighted by atomic mass is 16.6. The summed E-state index contributed by atoms with van der Waals surface area (Å²) in [5.41, 5.74) is 2.13. The molecule has 2 heterocycles. The quantitative estimate of drug-likeness (QED) is 0.435. The molecule has 0 spiro atoms. The van der Waals surface area contributed by atoms with Crippen LogP contribution in [0, 0.1) is 0 Å². The molecule has 0 saturated heterocycles. The molecule has 0 radical (unpaired) electrons. The van der Waals surface area contributed by atoms with Crippen LogP contribution in [0.4, 0.5) is 16.2 Å². The highest BCUT2D eigenvalue weighted by Gasteiger charge is 2.27. The van der Waals surface area contributed by atoms with Crippen molar-refractivity contribution in [1.82, 2.24) is 4.98 Å². The van der Waals surface area contributed by atoms with Crippen molar-refractivity contribution in [2.45, 2.75) is 59.0 Å². The van der Waals surface area contributed by atoms with E-state index in [1.54, 1.807) is 42.5 Å². The number of carbonyl (C=O) groups excluding carboxylic acids is 3. The van der Waals surface area contributed by atoms with Gasteiger partial charge in [0, 0.05) is 17.7 Å². The number of anilines is 2. The number of nitrogens with zero attached hydrogens (tertiary/aromatic N) is 1. The Labute approximate surface area is 200 Å². The average molecular weight is 468 g/mol. The number of methoxy groups -OCH3 is 1. The number of ether oxygens (including phenoxy) is 2. The third-order valence-electron chi connectivity index (χ3n) is 4.66. The van der Waals surface area contributed by atoms with Crippen molar-refractivity contribution in [2.75, 3.05) is 17.7 Å². The van der Waals surface area contributed by atoms with Gasteiger partial charge in [-0.3, -0.25) is 19.9 Å². The standard InChI is InChI=1S/C24H27N3O5.C2H6/c1-24(2,3)32-22(29)17-8-5-6-11-21(28)27-20-14-15(25-23(30)31-4)12-13-16(20)18-9-7-10-19(17)26-18;1-2/h5-7,9-10,12-14,17H,8,11H2,1-4H3,(H,25,30)(H,27,28);1-2H3/b6-5+;. The number of hydrogen-bond acceptors (Lipinski definition) is 6. The number of allylic oxidation sites excluding steroid dienone is 1. The second kappa shape index (κ2) is 12.0. The van der Waals surface area contributed by atoms with Gasteiger partial charge in [0.25, 0.3) is 0 Å². The first kappa shape index (κ1) is 26.6. The van der Waals surface area contributed by atoms with Gasteiger partial charge in [-0.2, -0.15) is 0 Å². The zero-order valence-electron chi connectivity index (χ0n) is 20.6. The number of benzene rings is 1. The van der Waals surface area contributed by atoms with E-state index in [1.807, 2.05) is 40.7 Å². The number of nitrogens with one attached hydrogen (secondary N) is 2. The van der Waals surface area contributed by atoms with Gasteiger partial charge in [-0.25, -0.2) is 4.79 Å². The highest BCUT2D eigenvalue weighted by molar-refractivity contribution is 5.97. The maximum Gasteiger partial charge on any atom is 0.411 e. The molecule has 2 aromatic rings. The molecule has 8 heteroatoms. The highest BCUT2D eigenvalue weighted by Crippen LogP contribution is 2.32. The Hall–Kier alpha value is -3.68. The fourth-order valence-electron chi connectivity index (χ4n) is 3.25. The third-order valence-corrected chi connectivity index (χ3v) is 4.66. The zero-order chi connectivity index (χ0) is 25.3. The Balaban J connectivity index is 0.00000199. The molecule has 1 unspecified atom stereocenters. The first-order valence-electron chi connectivity index (χ1n) is 11.3. The van der Waals surface area contributed by atoms with Crippen LogP contribution in [0.1, 0.15) is 59.1 Å². The summed E-state index contributed by atoms with van der Waals surface area (Å²) in [6, 6.07) is 10.5. The third kappa shape index (κ3) is 7.43. The van der Waals surface area contributed by atoms with Crippen LogP contribution < -0.4 is 10.6 Å². The van der Waals surface area contributed by atoms with Gasteiger partial charge in [0.05, 0.1) is 24.2 Å². The van der Waals surface area contributed by atoms with Gasteiger partial charge in [0.15, 0.2) is 0 Å². The molecule has 0 saturated carbocycles. The molecule has 0 fully saturated rings. The largest absolute Gasteiger partial charge is 0.459 e. The summed E-state index contributed by atoms with van der Waals surface area (Å²) in [6.07, 6.45) is 3.39. The van der Waals surface area contributed by atoms with E-state index in [0.717, 1.165) is 0 Å². The van der Waals surface area contributed by atoms with Crippen LogP contribution in [-0.4, -0.2) is 35.7 Å². The SMILES string of the molecule is CC.COC(=O)Nc1ccc2c(c1)NC(=O)C/C=C/CC(C(=O)OC(C)(C)C)c1cccc-2n1. The van der Waals surface area contributed by atoms with Gasteiger partial charge in [-0.05, 0) is 57.5 Å². The Bertz CT molecular complexity index is 1060. The van der Waals surface area contributed by atoms with Crippen molar-refractivity contribution in [3.63, 3.8) is 0 Å². The molecule has 1 aliphatic rings. The summed E-state index contributed by atoms with van der Waals surface area (Å²) < 4.78 is 10.2. The summed E-state index contributed by atoms with van der Waals surface area (Å²) in [6.45, 7) is 9.46. The molecular weight excluding hydrogens is 434 g/mol. The van der Waals surface area contributed by atoms with E-state index in [1.165, 1.54) is 7.11 Å². The lowest BCUT2D eigenvalue weighted by atomic mass is 9.98. The first-order chi connectivity index (χ1) is 16.2. The minimum Gasteiger partial charge on any atom is -0.459 e. The van der Waals surface area contributed by atoms with Crippen molar-refractivity contribution < 1.29 is 23.9 Å². The van der Waals surface area contributed by atoms with E-state index in [2.05, 4.69) is 15.4 Å². The van der Waals surface area contributed by atoms with E-state index in [9.17, 15) is 14.4 Å². The number of amides is 2. The Morgan fingerprint density at radius 2 is 1.85 bits per heavy atom. The lowest BCUT2D eigenvalue weighted by molar-refractivity contribution is -0.156. The van der Waals surface area contributed by atoms with Crippen LogP contribution in [0.3, 0.4) is 0 Å². The van der Waals surface area contributed by atoms with E-state index < -0.39 is 17.6 Å². The number of pyridine rings is 1. The molecule has 3 rings (SSSR count). The van der Waals surface area contributed by atoms with Crippen LogP contribution in [0.25, 0.3) is 11.3 Å². The number of rotatable bonds is 2. The number of esters is 1. The van der Waals surface area contributed by atoms with Gasteiger partial charge in [-0.1, -0.05) is 32.1 Å². The lowest BCUT2D eigenvalue weighted by Crippen LogP contribution is -2.28. The van der Waals surface area contributed by atoms with Crippen molar-refractivity contribution in [2.24, 2.45) is 0 Å². The van der Waals surface area contributed by atoms with Gasteiger partial charge < -0.3 is 14.8 Å². The minimum absolute atomic E-state index is 0.135. The number of aromatic nitrogens is 1. The Kier molecular flexibility index (Phi) is 9.36.